The highest BCUT2D eigenvalue weighted by atomic mass is 19.4. The van der Waals surface area contributed by atoms with Crippen LogP contribution in [0.25, 0.3) is 6.08 Å². The van der Waals surface area contributed by atoms with Crippen LogP contribution in [0.15, 0.2) is 54.6 Å². The van der Waals surface area contributed by atoms with Gasteiger partial charge >= 0.3 is 6.18 Å². The molecular formula is C19H14F3O4-. The molecule has 0 aliphatic rings. The summed E-state index contributed by atoms with van der Waals surface area (Å²) >= 11 is 0. The van der Waals surface area contributed by atoms with E-state index in [-0.39, 0.29) is 16.9 Å². The molecule has 0 heterocycles. The van der Waals surface area contributed by atoms with E-state index in [1.165, 1.54) is 49.4 Å². The van der Waals surface area contributed by atoms with E-state index in [1.54, 1.807) is 0 Å². The van der Waals surface area contributed by atoms with Crippen LogP contribution in [0.5, 0.6) is 5.75 Å². The lowest BCUT2D eigenvalue weighted by Gasteiger charge is -2.15. The van der Waals surface area contributed by atoms with Crippen LogP contribution in [0, 0.1) is 0 Å². The van der Waals surface area contributed by atoms with Crippen LogP contribution in [0.4, 0.5) is 13.2 Å². The minimum absolute atomic E-state index is 0.115. The molecule has 136 valence electrons. The van der Waals surface area contributed by atoms with Crippen LogP contribution in [0.3, 0.4) is 0 Å². The Morgan fingerprint density at radius 1 is 1.08 bits per heavy atom. The van der Waals surface area contributed by atoms with Gasteiger partial charge in [-0.15, -0.1) is 0 Å². The molecule has 7 heteroatoms. The smallest absolute Gasteiger partial charge is 0.416 e. The summed E-state index contributed by atoms with van der Waals surface area (Å²) in [6.45, 7) is 1.30. The minimum Gasteiger partial charge on any atom is -0.546 e. The minimum atomic E-state index is -4.52. The van der Waals surface area contributed by atoms with Crippen LogP contribution in [-0.4, -0.2) is 17.9 Å². The molecule has 4 nitrogen and oxygen atoms in total. The van der Waals surface area contributed by atoms with Crippen molar-refractivity contribution in [3.8, 4) is 5.75 Å². The number of allylic oxidation sites excluding steroid dienone is 1. The molecule has 1 atom stereocenters. The Bertz CT molecular complexity index is 823. The summed E-state index contributed by atoms with van der Waals surface area (Å²) in [7, 11) is 0. The van der Waals surface area contributed by atoms with Gasteiger partial charge in [0.2, 0.25) is 0 Å². The Balaban J connectivity index is 2.13. The van der Waals surface area contributed by atoms with Gasteiger partial charge in [-0.2, -0.15) is 13.2 Å². The van der Waals surface area contributed by atoms with E-state index >= 15 is 0 Å². The first-order valence-electron chi connectivity index (χ1n) is 7.54. The van der Waals surface area contributed by atoms with Crippen molar-refractivity contribution in [1.29, 1.82) is 0 Å². The second-order valence-electron chi connectivity index (χ2n) is 5.39. The number of alkyl halides is 3. The second-order valence-corrected chi connectivity index (χ2v) is 5.39. The van der Waals surface area contributed by atoms with Gasteiger partial charge in [0.15, 0.2) is 5.78 Å². The molecule has 26 heavy (non-hydrogen) atoms. The number of halogens is 3. The highest BCUT2D eigenvalue weighted by molar-refractivity contribution is 6.06. The molecule has 0 N–H and O–H groups in total. The highest BCUT2D eigenvalue weighted by Gasteiger charge is 2.32. The normalized spacial score (nSPS) is 12.8. The molecular weight excluding hydrogens is 349 g/mol. The first kappa shape index (κ1) is 19.2. The van der Waals surface area contributed by atoms with Gasteiger partial charge in [0.1, 0.15) is 11.9 Å². The van der Waals surface area contributed by atoms with Gasteiger partial charge in [0.25, 0.3) is 0 Å². The number of carboxylic acids is 1. The van der Waals surface area contributed by atoms with Gasteiger partial charge in [0.05, 0.1) is 11.5 Å². The fraction of sp³-hybridized carbons (Fsp3) is 0.158. The maximum absolute atomic E-state index is 12.9. The summed E-state index contributed by atoms with van der Waals surface area (Å²) in [4.78, 5) is 22.7. The van der Waals surface area contributed by atoms with Crippen molar-refractivity contribution >= 4 is 17.8 Å². The van der Waals surface area contributed by atoms with Crippen LogP contribution in [0.1, 0.15) is 28.4 Å². The van der Waals surface area contributed by atoms with E-state index < -0.39 is 29.6 Å². The molecule has 0 saturated heterocycles. The lowest BCUT2D eigenvalue weighted by Crippen LogP contribution is -2.37. The van der Waals surface area contributed by atoms with Gasteiger partial charge in [-0.1, -0.05) is 24.3 Å². The van der Waals surface area contributed by atoms with Crippen LogP contribution in [0.2, 0.25) is 0 Å². The summed E-state index contributed by atoms with van der Waals surface area (Å²) in [6, 6.07) is 10.5. The number of benzene rings is 2. The molecule has 0 amide bonds. The predicted molar refractivity (Wildman–Crippen MR) is 86.3 cm³/mol. The first-order valence-corrected chi connectivity index (χ1v) is 7.54. The number of ether oxygens (including phenoxy) is 1. The van der Waals surface area contributed by atoms with Crippen LogP contribution in [-0.2, 0) is 11.0 Å². The monoisotopic (exact) mass is 363 g/mol. The number of carbonyl (C=O) groups is 2. The van der Waals surface area contributed by atoms with Gasteiger partial charge < -0.3 is 14.6 Å². The molecule has 0 saturated carbocycles. The molecule has 0 bridgehead atoms. The zero-order valence-electron chi connectivity index (χ0n) is 13.6. The third-order valence-corrected chi connectivity index (χ3v) is 3.46. The quantitative estimate of drug-likeness (QED) is 0.584. The van der Waals surface area contributed by atoms with Crippen molar-refractivity contribution < 1.29 is 32.6 Å². The lowest BCUT2D eigenvalue weighted by molar-refractivity contribution is -0.312. The standard InChI is InChI=1S/C19H15F3O4/c1-12(18(24)25)26-15-9-6-14(7-10-15)17(23)11-8-13-4-2-3-5-16(13)19(20,21)22/h2-12H,1H3,(H,24,25)/p-1/b11-8+/t12-/m1/s1. The molecule has 2 aromatic carbocycles. The van der Waals surface area contributed by atoms with Crippen LogP contribution >= 0.6 is 0 Å². The molecule has 0 aliphatic heterocycles. The number of carbonyl (C=O) groups excluding carboxylic acids is 2. The summed E-state index contributed by atoms with van der Waals surface area (Å²) in [6.07, 6.45) is -3.52. The molecule has 0 aliphatic carbocycles. The number of aliphatic carboxylic acids is 1. The van der Waals surface area contributed by atoms with Gasteiger partial charge in [-0.3, -0.25) is 4.79 Å². The zero-order valence-corrected chi connectivity index (χ0v) is 13.6. The fourth-order valence-corrected chi connectivity index (χ4v) is 2.11. The SMILES string of the molecule is C[C@@H](Oc1ccc(C(=O)/C=C/c2ccccc2C(F)(F)F)cc1)C(=O)[O-]. The van der Waals surface area contributed by atoms with E-state index in [9.17, 15) is 27.9 Å². The number of ketones is 1. The molecule has 0 radical (unpaired) electrons. The van der Waals surface area contributed by atoms with E-state index in [1.807, 2.05) is 0 Å². The van der Waals surface area contributed by atoms with Crippen molar-refractivity contribution in [2.24, 2.45) is 0 Å². The van der Waals surface area contributed by atoms with Crippen molar-refractivity contribution in [3.63, 3.8) is 0 Å². The van der Waals surface area contributed by atoms with E-state index in [0.717, 1.165) is 18.2 Å². The Morgan fingerprint density at radius 3 is 2.27 bits per heavy atom. The second kappa shape index (κ2) is 7.86. The Labute approximate surface area is 147 Å². The van der Waals surface area contributed by atoms with E-state index in [0.29, 0.717) is 0 Å². The third kappa shape index (κ3) is 4.95. The number of carboxylic acid groups (broad SMARTS) is 1. The lowest BCUT2D eigenvalue weighted by atomic mass is 10.0. The summed E-state index contributed by atoms with van der Waals surface area (Å²) in [5.41, 5.74) is -0.723. The van der Waals surface area contributed by atoms with Gasteiger partial charge in [-0.25, -0.2) is 0 Å². The summed E-state index contributed by atoms with van der Waals surface area (Å²) in [5, 5.41) is 10.6. The highest BCUT2D eigenvalue weighted by Crippen LogP contribution is 2.32. The molecule has 0 spiro atoms. The Hall–Kier alpha value is -3.09. The van der Waals surface area contributed by atoms with Crippen molar-refractivity contribution in [3.05, 3.63) is 71.3 Å². The molecule has 0 fully saturated rings. The topological polar surface area (TPSA) is 66.4 Å². The molecule has 2 aromatic rings. The van der Waals surface area contributed by atoms with Crippen molar-refractivity contribution in [2.45, 2.75) is 19.2 Å². The first-order chi connectivity index (χ1) is 12.2. The summed E-state index contributed by atoms with van der Waals surface area (Å²) in [5.74, 6) is -1.65. The van der Waals surface area contributed by atoms with E-state index in [4.69, 9.17) is 4.74 Å². The fourth-order valence-electron chi connectivity index (χ4n) is 2.11. The summed E-state index contributed by atoms with van der Waals surface area (Å²) < 4.78 is 43.8. The number of hydrogen-bond acceptors (Lipinski definition) is 4. The average molecular weight is 363 g/mol. The zero-order chi connectivity index (χ0) is 19.3. The molecule has 2 rings (SSSR count). The third-order valence-electron chi connectivity index (χ3n) is 3.46. The largest absolute Gasteiger partial charge is 0.546 e. The molecule has 0 aromatic heterocycles. The van der Waals surface area contributed by atoms with Gasteiger partial charge in [-0.05, 0) is 48.9 Å². The van der Waals surface area contributed by atoms with E-state index in [2.05, 4.69) is 0 Å². The number of hydrogen-bond donors (Lipinski definition) is 0. The average Bonchev–Trinajstić information content (AvgIpc) is 2.59. The van der Waals surface area contributed by atoms with Crippen LogP contribution < -0.4 is 9.84 Å². The number of rotatable bonds is 6. The Morgan fingerprint density at radius 2 is 1.69 bits per heavy atom. The van der Waals surface area contributed by atoms with Crippen molar-refractivity contribution in [1.82, 2.24) is 0 Å². The maximum Gasteiger partial charge on any atom is 0.416 e. The predicted octanol–water partition coefficient (Wildman–Crippen LogP) is 3.12. The Kier molecular flexibility index (Phi) is 5.82. The van der Waals surface area contributed by atoms with Crippen molar-refractivity contribution in [2.75, 3.05) is 0 Å². The maximum atomic E-state index is 12.9. The van der Waals surface area contributed by atoms with Gasteiger partial charge in [0, 0.05) is 5.56 Å². The molecule has 0 unspecified atom stereocenters.